The molecule has 1 aliphatic carbocycles. The van der Waals surface area contributed by atoms with Gasteiger partial charge in [0.1, 0.15) is 11.6 Å². The van der Waals surface area contributed by atoms with Gasteiger partial charge in [0.2, 0.25) is 0 Å². The average Bonchev–Trinajstić information content (AvgIpc) is 2.40. The van der Waals surface area contributed by atoms with Crippen molar-refractivity contribution >= 4 is 6.03 Å². The van der Waals surface area contributed by atoms with Gasteiger partial charge in [0.15, 0.2) is 0 Å². The summed E-state index contributed by atoms with van der Waals surface area (Å²) in [6, 6.07) is 3.13. The summed E-state index contributed by atoms with van der Waals surface area (Å²) in [5, 5.41) is 14.9. The molecule has 3 N–H and O–H groups in total. The molecule has 0 aliphatic heterocycles. The molecule has 1 aromatic rings. The lowest BCUT2D eigenvalue weighted by molar-refractivity contribution is 0.117. The van der Waals surface area contributed by atoms with E-state index in [0.717, 1.165) is 18.9 Å². The summed E-state index contributed by atoms with van der Waals surface area (Å²) < 4.78 is 26.0. The molecule has 1 saturated carbocycles. The molecule has 1 aromatic carbocycles. The molecular weight excluding hydrogens is 278 g/mol. The monoisotopic (exact) mass is 298 g/mol. The predicted octanol–water partition coefficient (Wildman–Crippen LogP) is 2.11. The zero-order valence-corrected chi connectivity index (χ0v) is 11.7. The van der Waals surface area contributed by atoms with Crippen LogP contribution in [0, 0.1) is 11.6 Å². The number of carbonyl (C=O) groups is 1. The average molecular weight is 298 g/mol. The first-order valence-electron chi connectivity index (χ1n) is 7.20. The van der Waals surface area contributed by atoms with Crippen LogP contribution in [0.4, 0.5) is 13.6 Å². The minimum atomic E-state index is -0.616. The van der Waals surface area contributed by atoms with E-state index in [-0.39, 0.29) is 18.2 Å². The largest absolute Gasteiger partial charge is 0.393 e. The van der Waals surface area contributed by atoms with Crippen LogP contribution in [-0.2, 0) is 6.42 Å². The maximum atomic E-state index is 13.0. The molecule has 1 fully saturated rings. The van der Waals surface area contributed by atoms with Gasteiger partial charge in [0.25, 0.3) is 0 Å². The van der Waals surface area contributed by atoms with Crippen LogP contribution in [0.25, 0.3) is 0 Å². The van der Waals surface area contributed by atoms with Crippen LogP contribution < -0.4 is 10.6 Å². The van der Waals surface area contributed by atoms with E-state index < -0.39 is 11.6 Å². The zero-order chi connectivity index (χ0) is 15.2. The van der Waals surface area contributed by atoms with Gasteiger partial charge in [-0.15, -0.1) is 0 Å². The molecule has 0 unspecified atom stereocenters. The molecular formula is C15H20F2N2O2. The van der Waals surface area contributed by atoms with Crippen molar-refractivity contribution in [1.29, 1.82) is 0 Å². The number of hydrogen-bond donors (Lipinski definition) is 3. The molecule has 0 saturated heterocycles. The predicted molar refractivity (Wildman–Crippen MR) is 74.9 cm³/mol. The first-order valence-corrected chi connectivity index (χ1v) is 7.20. The Morgan fingerprint density at radius 1 is 1.14 bits per heavy atom. The Morgan fingerprint density at radius 3 is 2.38 bits per heavy atom. The van der Waals surface area contributed by atoms with E-state index in [1.54, 1.807) is 0 Å². The quantitative estimate of drug-likeness (QED) is 0.797. The molecule has 21 heavy (non-hydrogen) atoms. The van der Waals surface area contributed by atoms with Gasteiger partial charge in [-0.25, -0.2) is 13.6 Å². The Balaban J connectivity index is 1.69. The first kappa shape index (κ1) is 15.7. The lowest BCUT2D eigenvalue weighted by Gasteiger charge is -2.26. The van der Waals surface area contributed by atoms with E-state index in [9.17, 15) is 18.7 Å². The molecule has 0 aromatic heterocycles. The molecule has 2 amide bonds. The maximum Gasteiger partial charge on any atom is 0.315 e. The Morgan fingerprint density at radius 2 is 1.76 bits per heavy atom. The summed E-state index contributed by atoms with van der Waals surface area (Å²) in [5.74, 6) is -1.23. The summed E-state index contributed by atoms with van der Waals surface area (Å²) in [7, 11) is 0. The van der Waals surface area contributed by atoms with Crippen molar-refractivity contribution in [3.05, 3.63) is 35.4 Å². The SMILES string of the molecule is O=C(NCCc1cc(F)cc(F)c1)NC1CCC(O)CC1. The van der Waals surface area contributed by atoms with Gasteiger partial charge >= 0.3 is 6.03 Å². The second kappa shape index (κ2) is 7.36. The highest BCUT2D eigenvalue weighted by molar-refractivity contribution is 5.74. The van der Waals surface area contributed by atoms with Crippen molar-refractivity contribution in [3.63, 3.8) is 0 Å². The van der Waals surface area contributed by atoms with Crippen molar-refractivity contribution in [3.8, 4) is 0 Å². The Bertz CT molecular complexity index is 468. The van der Waals surface area contributed by atoms with Crippen molar-refractivity contribution in [1.82, 2.24) is 10.6 Å². The van der Waals surface area contributed by atoms with E-state index in [4.69, 9.17) is 0 Å². The van der Waals surface area contributed by atoms with Crippen LogP contribution in [-0.4, -0.2) is 29.8 Å². The zero-order valence-electron chi connectivity index (χ0n) is 11.7. The highest BCUT2D eigenvalue weighted by Crippen LogP contribution is 2.18. The minimum absolute atomic E-state index is 0.0833. The molecule has 0 heterocycles. The standard InChI is InChI=1S/C15H20F2N2O2/c16-11-7-10(8-12(17)9-11)5-6-18-15(21)19-13-1-3-14(20)4-2-13/h7-9,13-14,20H,1-6H2,(H2,18,19,21). The van der Waals surface area contributed by atoms with Crippen LogP contribution in [0.1, 0.15) is 31.2 Å². The number of aliphatic hydroxyl groups is 1. The molecule has 0 bridgehead atoms. The summed E-state index contributed by atoms with van der Waals surface area (Å²) in [6.45, 7) is 0.310. The molecule has 0 radical (unpaired) electrons. The number of rotatable bonds is 4. The van der Waals surface area contributed by atoms with Gasteiger partial charge in [-0.2, -0.15) is 0 Å². The van der Waals surface area contributed by atoms with Gasteiger partial charge in [-0.1, -0.05) is 0 Å². The van der Waals surface area contributed by atoms with Gasteiger partial charge < -0.3 is 15.7 Å². The van der Waals surface area contributed by atoms with Crippen molar-refractivity contribution in [2.75, 3.05) is 6.54 Å². The van der Waals surface area contributed by atoms with Crippen LogP contribution in [0.2, 0.25) is 0 Å². The third-order valence-corrected chi connectivity index (χ3v) is 3.65. The van der Waals surface area contributed by atoms with Gasteiger partial charge in [-0.3, -0.25) is 0 Å². The highest BCUT2D eigenvalue weighted by Gasteiger charge is 2.20. The van der Waals surface area contributed by atoms with E-state index >= 15 is 0 Å². The molecule has 6 heteroatoms. The van der Waals surface area contributed by atoms with Crippen molar-refractivity contribution < 1.29 is 18.7 Å². The highest BCUT2D eigenvalue weighted by atomic mass is 19.1. The minimum Gasteiger partial charge on any atom is -0.393 e. The molecule has 0 atom stereocenters. The van der Waals surface area contributed by atoms with Gasteiger partial charge in [-0.05, 0) is 49.8 Å². The van der Waals surface area contributed by atoms with Gasteiger partial charge in [0.05, 0.1) is 6.10 Å². The third kappa shape index (κ3) is 5.30. The molecule has 4 nitrogen and oxygen atoms in total. The fourth-order valence-corrected chi connectivity index (χ4v) is 2.53. The fraction of sp³-hybridized carbons (Fsp3) is 0.533. The summed E-state index contributed by atoms with van der Waals surface area (Å²) in [4.78, 5) is 11.7. The van der Waals surface area contributed by atoms with Crippen LogP contribution in [0.5, 0.6) is 0 Å². The Hall–Kier alpha value is -1.69. The summed E-state index contributed by atoms with van der Waals surface area (Å²) >= 11 is 0. The Kier molecular flexibility index (Phi) is 5.50. The van der Waals surface area contributed by atoms with Crippen molar-refractivity contribution in [2.24, 2.45) is 0 Å². The first-order chi connectivity index (χ1) is 10.0. The van der Waals surface area contributed by atoms with E-state index in [1.807, 2.05) is 0 Å². The third-order valence-electron chi connectivity index (χ3n) is 3.65. The Labute approximate surface area is 122 Å². The number of benzene rings is 1. The summed E-state index contributed by atoms with van der Waals surface area (Å²) in [6.07, 6.45) is 3.05. The number of aliphatic hydroxyl groups excluding tert-OH is 1. The van der Waals surface area contributed by atoms with Crippen LogP contribution in [0.3, 0.4) is 0 Å². The molecule has 1 aliphatic rings. The topological polar surface area (TPSA) is 61.4 Å². The number of halogens is 2. The second-order valence-electron chi connectivity index (χ2n) is 5.43. The normalized spacial score (nSPS) is 21.9. The summed E-state index contributed by atoms with van der Waals surface area (Å²) in [5.41, 5.74) is 0.508. The van der Waals surface area contributed by atoms with E-state index in [1.165, 1.54) is 12.1 Å². The lowest BCUT2D eigenvalue weighted by Crippen LogP contribution is -2.44. The van der Waals surface area contributed by atoms with Crippen molar-refractivity contribution in [2.45, 2.75) is 44.2 Å². The molecule has 0 spiro atoms. The smallest absolute Gasteiger partial charge is 0.315 e. The fourth-order valence-electron chi connectivity index (χ4n) is 2.53. The molecule has 116 valence electrons. The second-order valence-corrected chi connectivity index (χ2v) is 5.43. The number of urea groups is 1. The number of amides is 2. The number of carbonyl (C=O) groups excluding carboxylic acids is 1. The van der Waals surface area contributed by atoms with Crippen LogP contribution in [0.15, 0.2) is 18.2 Å². The lowest BCUT2D eigenvalue weighted by atomic mass is 9.93. The number of hydrogen-bond acceptors (Lipinski definition) is 2. The maximum absolute atomic E-state index is 13.0. The molecule has 2 rings (SSSR count). The van der Waals surface area contributed by atoms with E-state index in [0.29, 0.717) is 31.4 Å². The number of nitrogens with one attached hydrogen (secondary N) is 2. The van der Waals surface area contributed by atoms with E-state index in [2.05, 4.69) is 10.6 Å². The van der Waals surface area contributed by atoms with Crippen LogP contribution >= 0.6 is 0 Å². The van der Waals surface area contributed by atoms with Gasteiger partial charge in [0, 0.05) is 18.7 Å².